The number of hydrogen-bond donors (Lipinski definition) is 1. The Morgan fingerprint density at radius 2 is 2.38 bits per heavy atom. The van der Waals surface area contributed by atoms with Crippen LogP contribution in [0.15, 0.2) is 28.5 Å². The molecule has 0 amide bonds. The van der Waals surface area contributed by atoms with Gasteiger partial charge in [-0.1, -0.05) is 11.3 Å². The molecular weight excluding hydrogens is 222 g/mol. The number of aryl methyl sites for hydroxylation is 1. The van der Waals surface area contributed by atoms with Crippen LogP contribution in [0.1, 0.15) is 11.4 Å². The fraction of sp³-hybridized carbons (Fsp3) is 0.273. The average Bonchev–Trinajstić information content (AvgIpc) is 2.61. The highest BCUT2D eigenvalue weighted by Crippen LogP contribution is 2.09. The molecule has 0 radical (unpaired) electrons. The van der Waals surface area contributed by atoms with Crippen LogP contribution < -0.4 is 10.2 Å². The SMILES string of the molecule is CNc1ccnc(Cn2c(C)csc2=O)c1. The average molecular weight is 235 g/mol. The highest BCUT2D eigenvalue weighted by atomic mass is 32.1. The number of rotatable bonds is 3. The van der Waals surface area contributed by atoms with Gasteiger partial charge in [-0.05, 0) is 19.1 Å². The largest absolute Gasteiger partial charge is 0.388 e. The van der Waals surface area contributed by atoms with Crippen molar-refractivity contribution in [3.63, 3.8) is 0 Å². The summed E-state index contributed by atoms with van der Waals surface area (Å²) in [6.45, 7) is 2.46. The minimum absolute atomic E-state index is 0.0640. The minimum Gasteiger partial charge on any atom is -0.388 e. The number of anilines is 1. The Bertz CT molecular complexity index is 544. The van der Waals surface area contributed by atoms with Crippen molar-refractivity contribution in [2.24, 2.45) is 0 Å². The van der Waals surface area contributed by atoms with E-state index in [4.69, 9.17) is 0 Å². The highest BCUT2D eigenvalue weighted by molar-refractivity contribution is 7.07. The predicted molar refractivity (Wildman–Crippen MR) is 66.2 cm³/mol. The zero-order valence-electron chi connectivity index (χ0n) is 9.23. The van der Waals surface area contributed by atoms with E-state index in [1.165, 1.54) is 11.3 Å². The topological polar surface area (TPSA) is 46.9 Å². The van der Waals surface area contributed by atoms with Gasteiger partial charge in [0.25, 0.3) is 0 Å². The summed E-state index contributed by atoms with van der Waals surface area (Å²) in [5, 5.41) is 4.92. The quantitative estimate of drug-likeness (QED) is 0.881. The van der Waals surface area contributed by atoms with Gasteiger partial charge < -0.3 is 5.32 Å². The number of nitrogens with zero attached hydrogens (tertiary/aromatic N) is 2. The number of pyridine rings is 1. The smallest absolute Gasteiger partial charge is 0.307 e. The molecule has 2 rings (SSSR count). The Labute approximate surface area is 97.6 Å². The van der Waals surface area contributed by atoms with E-state index in [9.17, 15) is 4.79 Å². The molecule has 2 aromatic heterocycles. The van der Waals surface area contributed by atoms with Crippen LogP contribution in [0.25, 0.3) is 0 Å². The molecule has 5 heteroatoms. The van der Waals surface area contributed by atoms with Gasteiger partial charge in [-0.3, -0.25) is 14.3 Å². The molecule has 1 N–H and O–H groups in total. The number of hydrogen-bond acceptors (Lipinski definition) is 4. The lowest BCUT2D eigenvalue weighted by atomic mass is 10.3. The molecule has 0 atom stereocenters. The van der Waals surface area contributed by atoms with Crippen molar-refractivity contribution in [2.75, 3.05) is 12.4 Å². The van der Waals surface area contributed by atoms with E-state index < -0.39 is 0 Å². The van der Waals surface area contributed by atoms with E-state index in [-0.39, 0.29) is 4.87 Å². The van der Waals surface area contributed by atoms with Crippen molar-refractivity contribution in [1.29, 1.82) is 0 Å². The first-order chi connectivity index (χ1) is 7.70. The van der Waals surface area contributed by atoms with Crippen molar-refractivity contribution >= 4 is 17.0 Å². The van der Waals surface area contributed by atoms with Gasteiger partial charge in [0.1, 0.15) is 0 Å². The Hall–Kier alpha value is -1.62. The summed E-state index contributed by atoms with van der Waals surface area (Å²) in [5.74, 6) is 0. The molecule has 0 aliphatic heterocycles. The van der Waals surface area contributed by atoms with Gasteiger partial charge in [0.05, 0.1) is 12.2 Å². The molecule has 16 heavy (non-hydrogen) atoms. The highest BCUT2D eigenvalue weighted by Gasteiger charge is 2.04. The molecular formula is C11H13N3OS. The Balaban J connectivity index is 2.30. The zero-order valence-corrected chi connectivity index (χ0v) is 10.0. The zero-order chi connectivity index (χ0) is 11.5. The normalized spacial score (nSPS) is 10.4. The van der Waals surface area contributed by atoms with Gasteiger partial charge in [0.15, 0.2) is 0 Å². The lowest BCUT2D eigenvalue weighted by Crippen LogP contribution is -2.16. The van der Waals surface area contributed by atoms with Crippen LogP contribution >= 0.6 is 11.3 Å². The molecule has 0 fully saturated rings. The third-order valence-corrected chi connectivity index (χ3v) is 3.28. The minimum atomic E-state index is 0.0640. The number of aromatic nitrogens is 2. The number of nitrogens with one attached hydrogen (secondary N) is 1. The van der Waals surface area contributed by atoms with Crippen LogP contribution in [0.4, 0.5) is 5.69 Å². The first-order valence-electron chi connectivity index (χ1n) is 4.98. The van der Waals surface area contributed by atoms with Crippen molar-refractivity contribution in [3.05, 3.63) is 44.8 Å². The van der Waals surface area contributed by atoms with Crippen molar-refractivity contribution in [1.82, 2.24) is 9.55 Å². The lowest BCUT2D eigenvalue weighted by molar-refractivity contribution is 0.736. The van der Waals surface area contributed by atoms with Gasteiger partial charge in [0, 0.05) is 30.0 Å². The van der Waals surface area contributed by atoms with Crippen LogP contribution in [0.3, 0.4) is 0 Å². The molecule has 0 aliphatic carbocycles. The first-order valence-corrected chi connectivity index (χ1v) is 5.86. The lowest BCUT2D eigenvalue weighted by Gasteiger charge is -2.05. The van der Waals surface area contributed by atoms with Crippen molar-refractivity contribution in [3.8, 4) is 0 Å². The fourth-order valence-electron chi connectivity index (χ4n) is 1.48. The van der Waals surface area contributed by atoms with Crippen LogP contribution in [-0.2, 0) is 6.54 Å². The maximum Gasteiger partial charge on any atom is 0.307 e. The van der Waals surface area contributed by atoms with Gasteiger partial charge in [-0.2, -0.15) is 0 Å². The maximum atomic E-state index is 11.5. The molecule has 2 heterocycles. The summed E-state index contributed by atoms with van der Waals surface area (Å²) in [5.41, 5.74) is 2.87. The molecule has 0 aliphatic rings. The second-order valence-corrected chi connectivity index (χ2v) is 4.34. The van der Waals surface area contributed by atoms with E-state index in [0.29, 0.717) is 6.54 Å². The van der Waals surface area contributed by atoms with E-state index in [1.54, 1.807) is 10.8 Å². The van der Waals surface area contributed by atoms with Gasteiger partial charge in [-0.25, -0.2) is 0 Å². The Morgan fingerprint density at radius 3 is 3.00 bits per heavy atom. The van der Waals surface area contributed by atoms with Gasteiger partial charge in [-0.15, -0.1) is 0 Å². The third-order valence-electron chi connectivity index (χ3n) is 2.40. The summed E-state index contributed by atoms with van der Waals surface area (Å²) >= 11 is 1.22. The second-order valence-electron chi connectivity index (χ2n) is 3.51. The van der Waals surface area contributed by atoms with Crippen LogP contribution in [0.5, 0.6) is 0 Å². The third kappa shape index (κ3) is 2.14. The van der Waals surface area contributed by atoms with Crippen LogP contribution in [0.2, 0.25) is 0 Å². The standard InChI is InChI=1S/C11H13N3OS/c1-8-7-16-11(15)14(8)6-10-5-9(12-2)3-4-13-10/h3-5,7H,6H2,1-2H3,(H,12,13). The van der Waals surface area contributed by atoms with E-state index in [2.05, 4.69) is 10.3 Å². The summed E-state index contributed by atoms with van der Waals surface area (Å²) in [6.07, 6.45) is 1.74. The second kappa shape index (κ2) is 4.49. The predicted octanol–water partition coefficient (Wildman–Crippen LogP) is 1.70. The summed E-state index contributed by atoms with van der Waals surface area (Å²) in [6, 6.07) is 3.84. The molecule has 4 nitrogen and oxygen atoms in total. The fourth-order valence-corrected chi connectivity index (χ4v) is 2.21. The molecule has 0 bridgehead atoms. The molecule has 0 saturated heterocycles. The summed E-state index contributed by atoms with van der Waals surface area (Å²) < 4.78 is 1.73. The van der Waals surface area contributed by atoms with Crippen LogP contribution in [0, 0.1) is 6.92 Å². The maximum absolute atomic E-state index is 11.5. The van der Waals surface area contributed by atoms with Gasteiger partial charge >= 0.3 is 4.87 Å². The monoisotopic (exact) mass is 235 g/mol. The van der Waals surface area contributed by atoms with Crippen LogP contribution in [-0.4, -0.2) is 16.6 Å². The molecule has 2 aromatic rings. The van der Waals surface area contributed by atoms with E-state index in [1.807, 2.05) is 31.5 Å². The Morgan fingerprint density at radius 1 is 1.56 bits per heavy atom. The van der Waals surface area contributed by atoms with E-state index in [0.717, 1.165) is 17.1 Å². The number of thiazole rings is 1. The molecule has 84 valence electrons. The summed E-state index contributed by atoms with van der Waals surface area (Å²) in [7, 11) is 1.86. The summed E-state index contributed by atoms with van der Waals surface area (Å²) in [4.78, 5) is 15.9. The van der Waals surface area contributed by atoms with E-state index >= 15 is 0 Å². The van der Waals surface area contributed by atoms with Crippen molar-refractivity contribution in [2.45, 2.75) is 13.5 Å². The Kier molecular flexibility index (Phi) is 3.05. The molecule has 0 aromatic carbocycles. The molecule has 0 spiro atoms. The molecule has 0 unspecified atom stereocenters. The first kappa shape index (κ1) is 10.9. The van der Waals surface area contributed by atoms with Crippen molar-refractivity contribution < 1.29 is 0 Å². The van der Waals surface area contributed by atoms with Gasteiger partial charge in [0.2, 0.25) is 0 Å². The molecule has 0 saturated carbocycles.